The van der Waals surface area contributed by atoms with Gasteiger partial charge in [-0.25, -0.2) is 0 Å². The van der Waals surface area contributed by atoms with Gasteiger partial charge in [-0.3, -0.25) is 4.79 Å². The van der Waals surface area contributed by atoms with Crippen LogP contribution in [0, 0.1) is 5.92 Å². The summed E-state index contributed by atoms with van der Waals surface area (Å²) in [7, 11) is 1.75. The molecule has 0 spiro atoms. The fourth-order valence-corrected chi connectivity index (χ4v) is 4.17. The summed E-state index contributed by atoms with van der Waals surface area (Å²) in [5, 5.41) is 0. The minimum atomic E-state index is -3.32. The molecule has 1 saturated heterocycles. The van der Waals surface area contributed by atoms with E-state index in [1.54, 1.807) is 26.0 Å². The Bertz CT molecular complexity index is 421. The predicted octanol–water partition coefficient (Wildman–Crippen LogP) is -0.608. The zero-order chi connectivity index (χ0) is 12.8. The van der Waals surface area contributed by atoms with Crippen molar-refractivity contribution in [3.63, 3.8) is 0 Å². The van der Waals surface area contributed by atoms with Crippen molar-refractivity contribution in [2.24, 2.45) is 5.92 Å². The van der Waals surface area contributed by atoms with Gasteiger partial charge in [-0.15, -0.1) is 0 Å². The van der Waals surface area contributed by atoms with Gasteiger partial charge < -0.3 is 4.90 Å². The van der Waals surface area contributed by atoms with E-state index in [0.29, 0.717) is 6.42 Å². The average molecular weight is 261 g/mol. The molecule has 98 valence electrons. The Kier molecular flexibility index (Phi) is 3.17. The van der Waals surface area contributed by atoms with Gasteiger partial charge in [0.15, 0.2) is 0 Å². The molecule has 1 N–H and O–H groups in total. The molecule has 0 unspecified atom stereocenters. The summed E-state index contributed by atoms with van der Waals surface area (Å²) < 4.78 is 27.3. The first kappa shape index (κ1) is 12.8. The molecule has 1 aliphatic carbocycles. The van der Waals surface area contributed by atoms with Gasteiger partial charge in [0.05, 0.1) is 0 Å². The molecule has 7 heteroatoms. The number of amides is 1. The Labute approximate surface area is 102 Å². The largest absolute Gasteiger partial charge is 0.349 e. The molecule has 2 aliphatic rings. The Hall–Kier alpha value is -0.660. The number of hydrogen-bond donors (Lipinski definition) is 1. The maximum absolute atomic E-state index is 11.9. The summed E-state index contributed by atoms with van der Waals surface area (Å²) in [6.45, 7) is 0. The lowest BCUT2D eigenvalue weighted by atomic mass is 9.82. The maximum atomic E-state index is 11.9. The van der Waals surface area contributed by atoms with Crippen LogP contribution in [0.4, 0.5) is 0 Å². The van der Waals surface area contributed by atoms with Gasteiger partial charge in [0.25, 0.3) is 10.2 Å². The van der Waals surface area contributed by atoms with E-state index in [4.69, 9.17) is 0 Å². The Balaban J connectivity index is 2.10. The van der Waals surface area contributed by atoms with Crippen LogP contribution in [0.1, 0.15) is 19.3 Å². The number of nitrogens with zero attached hydrogens (tertiary/aromatic N) is 2. The van der Waals surface area contributed by atoms with Crippen LogP contribution in [0.15, 0.2) is 0 Å². The Morgan fingerprint density at radius 3 is 2.59 bits per heavy atom. The average Bonchev–Trinajstić information content (AvgIpc) is 2.48. The van der Waals surface area contributed by atoms with E-state index in [9.17, 15) is 13.2 Å². The third-order valence-electron chi connectivity index (χ3n) is 3.75. The highest BCUT2D eigenvalue weighted by Crippen LogP contribution is 2.33. The summed E-state index contributed by atoms with van der Waals surface area (Å²) in [4.78, 5) is 13.4. The van der Waals surface area contributed by atoms with Gasteiger partial charge in [0.2, 0.25) is 5.91 Å². The first-order valence-corrected chi connectivity index (χ1v) is 7.23. The number of fused-ring (bicyclic) bond motifs is 1. The van der Waals surface area contributed by atoms with Gasteiger partial charge in [0.1, 0.15) is 0 Å². The molecule has 1 aliphatic heterocycles. The van der Waals surface area contributed by atoms with Crippen LogP contribution in [0.5, 0.6) is 0 Å². The summed E-state index contributed by atoms with van der Waals surface area (Å²) in [6, 6.07) is -0.112. The predicted molar refractivity (Wildman–Crippen MR) is 63.4 cm³/mol. The zero-order valence-corrected chi connectivity index (χ0v) is 11.2. The number of carbonyl (C=O) groups is 1. The van der Waals surface area contributed by atoms with Gasteiger partial charge in [-0.05, 0) is 19.3 Å². The Morgan fingerprint density at radius 1 is 1.35 bits per heavy atom. The first-order valence-electron chi connectivity index (χ1n) is 5.79. The van der Waals surface area contributed by atoms with Crippen molar-refractivity contribution in [2.45, 2.75) is 31.3 Å². The van der Waals surface area contributed by atoms with Crippen molar-refractivity contribution < 1.29 is 13.2 Å². The van der Waals surface area contributed by atoms with Crippen LogP contribution >= 0.6 is 0 Å². The van der Waals surface area contributed by atoms with Crippen LogP contribution < -0.4 is 4.72 Å². The molecule has 3 atom stereocenters. The summed E-state index contributed by atoms with van der Waals surface area (Å²) in [6.07, 6.45) is 2.11. The van der Waals surface area contributed by atoms with E-state index < -0.39 is 10.2 Å². The highest BCUT2D eigenvalue weighted by molar-refractivity contribution is 7.87. The zero-order valence-electron chi connectivity index (χ0n) is 10.4. The summed E-state index contributed by atoms with van der Waals surface area (Å²) in [5.41, 5.74) is 0. The second-order valence-corrected chi connectivity index (χ2v) is 6.82. The van der Waals surface area contributed by atoms with E-state index in [2.05, 4.69) is 4.72 Å². The van der Waals surface area contributed by atoms with Crippen molar-refractivity contribution in [3.8, 4) is 0 Å². The molecule has 2 rings (SSSR count). The van der Waals surface area contributed by atoms with Gasteiger partial charge in [-0.2, -0.15) is 17.4 Å². The highest BCUT2D eigenvalue weighted by Gasteiger charge is 2.46. The third-order valence-corrected chi connectivity index (χ3v) is 5.38. The van der Waals surface area contributed by atoms with E-state index in [1.165, 1.54) is 4.31 Å². The summed E-state index contributed by atoms with van der Waals surface area (Å²) in [5.74, 6) is 0.0395. The smallest absolute Gasteiger partial charge is 0.279 e. The fourth-order valence-electron chi connectivity index (χ4n) is 2.76. The molecule has 1 heterocycles. The maximum Gasteiger partial charge on any atom is 0.279 e. The molecule has 0 aromatic carbocycles. The number of likely N-dealkylation sites (N-methyl/N-ethyl adjacent to an activating group) is 1. The minimum Gasteiger partial charge on any atom is -0.349 e. The van der Waals surface area contributed by atoms with Crippen molar-refractivity contribution >= 4 is 16.1 Å². The SMILES string of the molecule is CN(C)C(=O)[C@H]1CC[C@H]2[C@@H](C1)NS(=O)(=O)N2C. The van der Waals surface area contributed by atoms with Gasteiger partial charge in [-0.1, -0.05) is 0 Å². The molecule has 0 aromatic rings. The molecule has 0 bridgehead atoms. The van der Waals surface area contributed by atoms with Crippen molar-refractivity contribution in [1.29, 1.82) is 0 Å². The first-order chi connectivity index (χ1) is 7.83. The summed E-state index contributed by atoms with van der Waals surface area (Å²) >= 11 is 0. The van der Waals surface area contributed by atoms with E-state index in [0.717, 1.165) is 12.8 Å². The second-order valence-electron chi connectivity index (χ2n) is 5.06. The third kappa shape index (κ3) is 2.19. The molecule has 0 aromatic heterocycles. The number of carbonyl (C=O) groups excluding carboxylic acids is 1. The molecule has 17 heavy (non-hydrogen) atoms. The lowest BCUT2D eigenvalue weighted by Crippen LogP contribution is -2.44. The molecule has 1 saturated carbocycles. The lowest BCUT2D eigenvalue weighted by Gasteiger charge is -2.32. The standard InChI is InChI=1S/C10H19N3O3S/c1-12(2)10(14)7-4-5-9-8(6-7)11-17(15,16)13(9)3/h7-9,11H,4-6H2,1-3H3/t7-,8+,9-/m0/s1. The van der Waals surface area contributed by atoms with E-state index in [-0.39, 0.29) is 23.9 Å². The van der Waals surface area contributed by atoms with Crippen molar-refractivity contribution in [1.82, 2.24) is 13.9 Å². The topological polar surface area (TPSA) is 69.7 Å². The van der Waals surface area contributed by atoms with E-state index in [1.807, 2.05) is 0 Å². The van der Waals surface area contributed by atoms with Gasteiger partial charge >= 0.3 is 0 Å². The molecule has 1 amide bonds. The number of rotatable bonds is 1. The highest BCUT2D eigenvalue weighted by atomic mass is 32.2. The molecular formula is C10H19N3O3S. The minimum absolute atomic E-state index is 0.00575. The number of hydrogen-bond acceptors (Lipinski definition) is 3. The van der Waals surface area contributed by atoms with Gasteiger partial charge in [0, 0.05) is 39.1 Å². The quantitative estimate of drug-likeness (QED) is 0.685. The molecule has 6 nitrogen and oxygen atoms in total. The molecule has 0 radical (unpaired) electrons. The Morgan fingerprint density at radius 2 is 2.00 bits per heavy atom. The van der Waals surface area contributed by atoms with Crippen LogP contribution in [-0.4, -0.2) is 56.8 Å². The van der Waals surface area contributed by atoms with Crippen LogP contribution in [-0.2, 0) is 15.0 Å². The molecular weight excluding hydrogens is 242 g/mol. The van der Waals surface area contributed by atoms with E-state index >= 15 is 0 Å². The second kappa shape index (κ2) is 4.22. The van der Waals surface area contributed by atoms with Crippen LogP contribution in [0.3, 0.4) is 0 Å². The lowest BCUT2D eigenvalue weighted by molar-refractivity contribution is -0.134. The normalized spacial score (nSPS) is 36.5. The fraction of sp³-hybridized carbons (Fsp3) is 0.900. The monoisotopic (exact) mass is 261 g/mol. The van der Waals surface area contributed by atoms with Crippen LogP contribution in [0.2, 0.25) is 0 Å². The molecule has 2 fully saturated rings. The van der Waals surface area contributed by atoms with Crippen LogP contribution in [0.25, 0.3) is 0 Å². The van der Waals surface area contributed by atoms with Crippen molar-refractivity contribution in [3.05, 3.63) is 0 Å². The van der Waals surface area contributed by atoms with Crippen molar-refractivity contribution in [2.75, 3.05) is 21.1 Å². The number of nitrogens with one attached hydrogen (secondary N) is 1.